The normalized spacial score (nSPS) is 9.33. The van der Waals surface area contributed by atoms with Crippen LogP contribution in [0.1, 0.15) is 5.56 Å². The average Bonchev–Trinajstić information content (AvgIpc) is 1.99. The van der Waals surface area contributed by atoms with E-state index in [1.54, 1.807) is 0 Å². The molecule has 12 heavy (non-hydrogen) atoms. The first-order valence-electron chi connectivity index (χ1n) is 2.98. The second kappa shape index (κ2) is 4.33. The van der Waals surface area contributed by atoms with Crippen LogP contribution < -0.4 is 5.73 Å². The zero-order valence-corrected chi connectivity index (χ0v) is 6.80. The van der Waals surface area contributed by atoms with Crippen LogP contribution in [-0.2, 0) is 6.54 Å². The molecule has 0 spiro atoms. The predicted molar refractivity (Wildman–Crippen MR) is 41.5 cm³/mol. The van der Waals surface area contributed by atoms with Crippen molar-refractivity contribution in [3.8, 4) is 0 Å². The maximum absolute atomic E-state index is 12.4. The van der Waals surface area contributed by atoms with Crippen LogP contribution in [0.5, 0.6) is 0 Å². The first-order valence-corrected chi connectivity index (χ1v) is 2.98. The zero-order chi connectivity index (χ0) is 8.43. The highest BCUT2D eigenvalue weighted by molar-refractivity contribution is 5.85. The number of hydrogen-bond donors (Lipinski definition) is 1. The second-order valence-corrected chi connectivity index (χ2v) is 2.08. The maximum atomic E-state index is 12.4. The molecule has 0 aliphatic rings. The summed E-state index contributed by atoms with van der Waals surface area (Å²) in [5.41, 5.74) is 5.32. The Morgan fingerprint density at radius 1 is 1.08 bits per heavy atom. The molecule has 1 aromatic rings. The van der Waals surface area contributed by atoms with Gasteiger partial charge in [0.15, 0.2) is 17.5 Å². The largest absolute Gasteiger partial charge is 0.326 e. The van der Waals surface area contributed by atoms with Gasteiger partial charge in [-0.15, -0.1) is 12.4 Å². The van der Waals surface area contributed by atoms with E-state index in [0.717, 1.165) is 12.1 Å². The first kappa shape index (κ1) is 11.3. The standard InChI is InChI=1S/C7H6F3N.ClH/c8-5-1-4(3-11)2-6(9)7(5)10;/h1-2H,3,11H2;1H. The molecule has 68 valence electrons. The summed E-state index contributed by atoms with van der Waals surface area (Å²) < 4.78 is 37.0. The van der Waals surface area contributed by atoms with Crippen molar-refractivity contribution in [3.05, 3.63) is 35.1 Å². The Morgan fingerprint density at radius 2 is 1.50 bits per heavy atom. The van der Waals surface area contributed by atoms with Gasteiger partial charge in [-0.1, -0.05) is 0 Å². The molecule has 0 radical (unpaired) electrons. The molecule has 0 aliphatic heterocycles. The maximum Gasteiger partial charge on any atom is 0.194 e. The van der Waals surface area contributed by atoms with Crippen molar-refractivity contribution in [2.75, 3.05) is 0 Å². The SMILES string of the molecule is Cl.NCc1cc(F)c(F)c(F)c1. The zero-order valence-electron chi connectivity index (χ0n) is 5.98. The Labute approximate surface area is 73.8 Å². The van der Waals surface area contributed by atoms with Crippen LogP contribution in [0, 0.1) is 17.5 Å². The van der Waals surface area contributed by atoms with Gasteiger partial charge in [-0.3, -0.25) is 0 Å². The average molecular weight is 198 g/mol. The molecule has 0 saturated heterocycles. The molecule has 0 bridgehead atoms. The Hall–Kier alpha value is -0.740. The third-order valence-electron chi connectivity index (χ3n) is 1.28. The minimum absolute atomic E-state index is 0. The van der Waals surface area contributed by atoms with E-state index in [1.807, 2.05) is 0 Å². The van der Waals surface area contributed by atoms with Crippen LogP contribution in [0.3, 0.4) is 0 Å². The molecule has 0 amide bonds. The molecule has 0 heterocycles. The summed E-state index contributed by atoms with van der Waals surface area (Å²) in [6.45, 7) is -0.00583. The summed E-state index contributed by atoms with van der Waals surface area (Å²) in [5, 5.41) is 0. The summed E-state index contributed by atoms with van der Waals surface area (Å²) in [4.78, 5) is 0. The van der Waals surface area contributed by atoms with E-state index in [2.05, 4.69) is 0 Å². The predicted octanol–water partition coefficient (Wildman–Crippen LogP) is 1.98. The Balaban J connectivity index is 0.00000121. The van der Waals surface area contributed by atoms with Crippen LogP contribution in [0.4, 0.5) is 13.2 Å². The van der Waals surface area contributed by atoms with E-state index in [1.165, 1.54) is 0 Å². The van der Waals surface area contributed by atoms with Gasteiger partial charge in [0.1, 0.15) is 0 Å². The quantitative estimate of drug-likeness (QED) is 0.685. The van der Waals surface area contributed by atoms with E-state index in [9.17, 15) is 13.2 Å². The van der Waals surface area contributed by atoms with Crippen LogP contribution >= 0.6 is 12.4 Å². The summed E-state index contributed by atoms with van der Waals surface area (Å²) in [6, 6.07) is 1.75. The molecule has 0 fully saturated rings. The lowest BCUT2D eigenvalue weighted by Crippen LogP contribution is -2.00. The van der Waals surface area contributed by atoms with Gasteiger partial charge in [-0.05, 0) is 17.7 Å². The molecule has 0 unspecified atom stereocenters. The topological polar surface area (TPSA) is 26.0 Å². The molecular weight excluding hydrogens is 191 g/mol. The Morgan fingerprint density at radius 3 is 1.83 bits per heavy atom. The highest BCUT2D eigenvalue weighted by Gasteiger charge is 2.08. The monoisotopic (exact) mass is 197 g/mol. The van der Waals surface area contributed by atoms with Gasteiger partial charge in [0, 0.05) is 6.54 Å². The molecule has 2 N–H and O–H groups in total. The molecule has 1 aromatic carbocycles. The van der Waals surface area contributed by atoms with Crippen molar-refractivity contribution < 1.29 is 13.2 Å². The van der Waals surface area contributed by atoms with Crippen LogP contribution in [0.15, 0.2) is 12.1 Å². The molecule has 0 atom stereocenters. The number of nitrogens with two attached hydrogens (primary N) is 1. The number of benzene rings is 1. The first-order chi connectivity index (χ1) is 5.15. The third kappa shape index (κ3) is 2.12. The molecule has 0 saturated carbocycles. The minimum Gasteiger partial charge on any atom is -0.326 e. The van der Waals surface area contributed by atoms with Crippen molar-refractivity contribution in [2.45, 2.75) is 6.54 Å². The smallest absolute Gasteiger partial charge is 0.194 e. The van der Waals surface area contributed by atoms with E-state index in [0.29, 0.717) is 0 Å². The molecule has 0 aromatic heterocycles. The summed E-state index contributed by atoms with van der Waals surface area (Å²) >= 11 is 0. The van der Waals surface area contributed by atoms with Gasteiger partial charge in [0.2, 0.25) is 0 Å². The van der Waals surface area contributed by atoms with Crippen molar-refractivity contribution in [1.82, 2.24) is 0 Å². The van der Waals surface area contributed by atoms with Gasteiger partial charge in [0.25, 0.3) is 0 Å². The van der Waals surface area contributed by atoms with Gasteiger partial charge in [0.05, 0.1) is 0 Å². The van der Waals surface area contributed by atoms with Crippen molar-refractivity contribution >= 4 is 12.4 Å². The van der Waals surface area contributed by atoms with Gasteiger partial charge in [-0.2, -0.15) is 0 Å². The number of halogens is 4. The van der Waals surface area contributed by atoms with Crippen LogP contribution in [0.2, 0.25) is 0 Å². The molecule has 0 aliphatic carbocycles. The van der Waals surface area contributed by atoms with Crippen molar-refractivity contribution in [2.24, 2.45) is 5.73 Å². The highest BCUT2D eigenvalue weighted by atomic mass is 35.5. The second-order valence-electron chi connectivity index (χ2n) is 2.08. The van der Waals surface area contributed by atoms with E-state index < -0.39 is 17.5 Å². The van der Waals surface area contributed by atoms with Gasteiger partial charge >= 0.3 is 0 Å². The van der Waals surface area contributed by atoms with Gasteiger partial charge < -0.3 is 5.73 Å². The fraction of sp³-hybridized carbons (Fsp3) is 0.143. The summed E-state index contributed by atoms with van der Waals surface area (Å²) in [6.07, 6.45) is 0. The molecule has 1 rings (SSSR count). The number of hydrogen-bond acceptors (Lipinski definition) is 1. The highest BCUT2D eigenvalue weighted by Crippen LogP contribution is 2.12. The minimum atomic E-state index is -1.46. The fourth-order valence-electron chi connectivity index (χ4n) is 0.726. The lowest BCUT2D eigenvalue weighted by Gasteiger charge is -1.98. The van der Waals surface area contributed by atoms with Crippen molar-refractivity contribution in [1.29, 1.82) is 0 Å². The molecule has 5 heteroatoms. The Bertz CT molecular complexity index is 254. The summed E-state index contributed by atoms with van der Waals surface area (Å²) in [7, 11) is 0. The van der Waals surface area contributed by atoms with E-state index in [-0.39, 0.29) is 24.5 Å². The Kier molecular flexibility index (Phi) is 4.06. The van der Waals surface area contributed by atoms with Crippen molar-refractivity contribution in [3.63, 3.8) is 0 Å². The molecule has 1 nitrogen and oxygen atoms in total. The molecular formula is C7H7ClF3N. The van der Waals surface area contributed by atoms with E-state index in [4.69, 9.17) is 5.73 Å². The third-order valence-corrected chi connectivity index (χ3v) is 1.28. The fourth-order valence-corrected chi connectivity index (χ4v) is 0.726. The van der Waals surface area contributed by atoms with E-state index >= 15 is 0 Å². The van der Waals surface area contributed by atoms with Crippen LogP contribution in [-0.4, -0.2) is 0 Å². The van der Waals surface area contributed by atoms with Crippen LogP contribution in [0.25, 0.3) is 0 Å². The lowest BCUT2D eigenvalue weighted by atomic mass is 10.2. The van der Waals surface area contributed by atoms with Gasteiger partial charge in [-0.25, -0.2) is 13.2 Å². The summed E-state index contributed by atoms with van der Waals surface area (Å²) in [5.74, 6) is -3.86. The lowest BCUT2D eigenvalue weighted by molar-refractivity contribution is 0.445. The number of rotatable bonds is 1.